The number of rotatable bonds is 4. The monoisotopic (exact) mass is 268 g/mol. The molecule has 4 heteroatoms. The number of nitrogens with zero attached hydrogens (tertiary/aromatic N) is 1. The average molecular weight is 268 g/mol. The average Bonchev–Trinajstić information content (AvgIpc) is 2.96. The number of hydrogen-bond acceptors (Lipinski definition) is 4. The van der Waals surface area contributed by atoms with Gasteiger partial charge in [-0.05, 0) is 45.1 Å². The molecule has 0 amide bonds. The fourth-order valence-corrected chi connectivity index (χ4v) is 3.59. The van der Waals surface area contributed by atoms with Crippen LogP contribution in [-0.2, 0) is 9.53 Å². The Balaban J connectivity index is 2.00. The second-order valence-electron chi connectivity index (χ2n) is 6.36. The van der Waals surface area contributed by atoms with Crippen molar-refractivity contribution in [1.82, 2.24) is 10.2 Å². The summed E-state index contributed by atoms with van der Waals surface area (Å²) in [4.78, 5) is 14.8. The van der Waals surface area contributed by atoms with E-state index in [1.807, 2.05) is 14.0 Å². The lowest BCUT2D eigenvalue weighted by Crippen LogP contribution is -2.50. The van der Waals surface area contributed by atoms with E-state index >= 15 is 0 Å². The molecule has 1 aliphatic carbocycles. The first-order chi connectivity index (χ1) is 9.02. The van der Waals surface area contributed by atoms with Crippen LogP contribution in [0.1, 0.15) is 40.0 Å². The van der Waals surface area contributed by atoms with Crippen molar-refractivity contribution in [2.75, 3.05) is 26.7 Å². The highest BCUT2D eigenvalue weighted by molar-refractivity contribution is 5.81. The second kappa shape index (κ2) is 5.80. The van der Waals surface area contributed by atoms with Crippen LogP contribution in [0.25, 0.3) is 0 Å². The Morgan fingerprint density at radius 2 is 2.00 bits per heavy atom. The Kier molecular flexibility index (Phi) is 4.51. The first-order valence-electron chi connectivity index (χ1n) is 7.62. The molecule has 1 heterocycles. The summed E-state index contributed by atoms with van der Waals surface area (Å²) >= 11 is 0. The van der Waals surface area contributed by atoms with Gasteiger partial charge in [0.25, 0.3) is 0 Å². The number of ether oxygens (including phenoxy) is 1. The summed E-state index contributed by atoms with van der Waals surface area (Å²) in [5, 5.41) is 3.24. The van der Waals surface area contributed by atoms with Crippen LogP contribution in [0.15, 0.2) is 0 Å². The molecule has 1 aliphatic heterocycles. The van der Waals surface area contributed by atoms with Gasteiger partial charge in [-0.1, -0.05) is 13.8 Å². The minimum Gasteiger partial charge on any atom is -0.465 e. The third-order valence-corrected chi connectivity index (χ3v) is 5.17. The van der Waals surface area contributed by atoms with Gasteiger partial charge < -0.3 is 10.1 Å². The molecular weight excluding hydrogens is 240 g/mol. The normalized spacial score (nSPS) is 39.7. The molecule has 0 aromatic rings. The topological polar surface area (TPSA) is 41.6 Å². The Hall–Kier alpha value is -0.610. The third-order valence-electron chi connectivity index (χ3n) is 5.17. The van der Waals surface area contributed by atoms with Crippen molar-refractivity contribution in [2.24, 2.45) is 11.8 Å². The van der Waals surface area contributed by atoms with Gasteiger partial charge in [-0.25, -0.2) is 0 Å². The van der Waals surface area contributed by atoms with Crippen molar-refractivity contribution >= 4 is 5.97 Å². The van der Waals surface area contributed by atoms with Crippen LogP contribution in [-0.4, -0.2) is 49.2 Å². The summed E-state index contributed by atoms with van der Waals surface area (Å²) in [5.41, 5.74) is -0.449. The molecule has 1 saturated carbocycles. The van der Waals surface area contributed by atoms with E-state index in [1.54, 1.807) is 0 Å². The number of carbonyl (C=O) groups excluding carboxylic acids is 1. The summed E-state index contributed by atoms with van der Waals surface area (Å²) in [7, 11) is 1.88. The van der Waals surface area contributed by atoms with Gasteiger partial charge in [0.15, 0.2) is 0 Å². The Morgan fingerprint density at radius 1 is 1.37 bits per heavy atom. The van der Waals surface area contributed by atoms with Gasteiger partial charge in [-0.2, -0.15) is 0 Å². The van der Waals surface area contributed by atoms with Gasteiger partial charge in [0.2, 0.25) is 0 Å². The molecule has 1 N–H and O–H groups in total. The number of nitrogens with one attached hydrogen (secondary N) is 1. The van der Waals surface area contributed by atoms with Crippen molar-refractivity contribution in [2.45, 2.75) is 51.6 Å². The minimum atomic E-state index is -0.449. The Bertz CT molecular complexity index is 324. The third kappa shape index (κ3) is 2.79. The fraction of sp³-hybridized carbons (Fsp3) is 0.933. The number of hydrogen-bond donors (Lipinski definition) is 1. The van der Waals surface area contributed by atoms with Gasteiger partial charge in [0, 0.05) is 19.1 Å². The van der Waals surface area contributed by atoms with Crippen LogP contribution in [0.5, 0.6) is 0 Å². The van der Waals surface area contributed by atoms with Gasteiger partial charge in [-0.15, -0.1) is 0 Å². The van der Waals surface area contributed by atoms with Crippen molar-refractivity contribution in [3.63, 3.8) is 0 Å². The van der Waals surface area contributed by atoms with E-state index in [4.69, 9.17) is 4.74 Å². The highest BCUT2D eigenvalue weighted by Gasteiger charge is 2.48. The van der Waals surface area contributed by atoms with Crippen molar-refractivity contribution < 1.29 is 9.53 Å². The zero-order valence-corrected chi connectivity index (χ0v) is 12.7. The van der Waals surface area contributed by atoms with Crippen LogP contribution >= 0.6 is 0 Å². The van der Waals surface area contributed by atoms with Crippen LogP contribution < -0.4 is 5.32 Å². The van der Waals surface area contributed by atoms with E-state index in [-0.39, 0.29) is 5.97 Å². The lowest BCUT2D eigenvalue weighted by atomic mass is 9.97. The van der Waals surface area contributed by atoms with E-state index in [1.165, 1.54) is 13.1 Å². The molecule has 4 atom stereocenters. The smallest absolute Gasteiger partial charge is 0.326 e. The zero-order valence-electron chi connectivity index (χ0n) is 12.7. The van der Waals surface area contributed by atoms with Gasteiger partial charge in [0.1, 0.15) is 5.54 Å². The Morgan fingerprint density at radius 3 is 2.53 bits per heavy atom. The lowest BCUT2D eigenvalue weighted by Gasteiger charge is -2.29. The maximum atomic E-state index is 12.2. The molecule has 19 heavy (non-hydrogen) atoms. The summed E-state index contributed by atoms with van der Waals surface area (Å²) in [6.45, 7) is 9.34. The molecule has 0 spiro atoms. The number of likely N-dealkylation sites (tertiary alicyclic amines) is 1. The van der Waals surface area contributed by atoms with Crippen LogP contribution in [0.3, 0.4) is 0 Å². The van der Waals surface area contributed by atoms with Crippen molar-refractivity contribution in [1.29, 1.82) is 0 Å². The molecule has 1 saturated heterocycles. The molecule has 4 nitrogen and oxygen atoms in total. The zero-order chi connectivity index (χ0) is 14.0. The summed E-state index contributed by atoms with van der Waals surface area (Å²) in [6, 6.07) is 0.532. The molecule has 0 aromatic carbocycles. The minimum absolute atomic E-state index is 0.0692. The second-order valence-corrected chi connectivity index (χ2v) is 6.36. The van der Waals surface area contributed by atoms with Gasteiger partial charge in [-0.3, -0.25) is 9.69 Å². The first-order valence-corrected chi connectivity index (χ1v) is 7.62. The summed E-state index contributed by atoms with van der Waals surface area (Å²) in [5.74, 6) is 1.47. The van der Waals surface area contributed by atoms with Crippen molar-refractivity contribution in [3.05, 3.63) is 0 Å². The molecule has 2 rings (SSSR count). The highest BCUT2D eigenvalue weighted by Crippen LogP contribution is 2.37. The fourth-order valence-electron chi connectivity index (χ4n) is 3.59. The van der Waals surface area contributed by atoms with Gasteiger partial charge in [0.05, 0.1) is 6.61 Å². The predicted molar refractivity (Wildman–Crippen MR) is 76.0 cm³/mol. The predicted octanol–water partition coefficient (Wildman–Crippen LogP) is 1.65. The molecular formula is C15H28N2O2. The molecule has 0 radical (unpaired) electrons. The molecule has 2 aliphatic rings. The molecule has 0 bridgehead atoms. The summed E-state index contributed by atoms with van der Waals surface area (Å²) in [6.07, 6.45) is 2.88. The highest BCUT2D eigenvalue weighted by atomic mass is 16.5. The quantitative estimate of drug-likeness (QED) is 0.787. The molecule has 110 valence electrons. The lowest BCUT2D eigenvalue weighted by molar-refractivity contribution is -0.151. The van der Waals surface area contributed by atoms with E-state index < -0.39 is 5.54 Å². The van der Waals surface area contributed by atoms with Gasteiger partial charge >= 0.3 is 5.97 Å². The largest absolute Gasteiger partial charge is 0.465 e. The molecule has 4 unspecified atom stereocenters. The maximum absolute atomic E-state index is 12.2. The van der Waals surface area contributed by atoms with Crippen molar-refractivity contribution in [3.8, 4) is 0 Å². The molecule has 0 aromatic heterocycles. The Labute approximate surface area is 116 Å². The maximum Gasteiger partial charge on any atom is 0.326 e. The standard InChI is InChI=1S/C15H28N2O2/c1-5-19-14(18)15(16-4)7-6-13(8-15)17-9-11(2)12(3)10-17/h11-13,16H,5-10H2,1-4H3. The number of carbonyl (C=O) groups is 1. The van der Waals surface area contributed by atoms with Crippen LogP contribution in [0.2, 0.25) is 0 Å². The van der Waals surface area contributed by atoms with Crippen LogP contribution in [0.4, 0.5) is 0 Å². The van der Waals surface area contributed by atoms with E-state index in [9.17, 15) is 4.79 Å². The van der Waals surface area contributed by atoms with E-state index in [2.05, 4.69) is 24.1 Å². The number of esters is 1. The SMILES string of the molecule is CCOC(=O)C1(NC)CCC(N2CC(C)C(C)C2)C1. The van der Waals surface area contributed by atoms with E-state index in [0.717, 1.165) is 31.1 Å². The van der Waals surface area contributed by atoms with Crippen LogP contribution in [0, 0.1) is 11.8 Å². The molecule has 2 fully saturated rings. The first kappa shape index (κ1) is 14.8. The van der Waals surface area contributed by atoms with E-state index in [0.29, 0.717) is 12.6 Å². The summed E-state index contributed by atoms with van der Waals surface area (Å²) < 4.78 is 5.25. The number of likely N-dealkylation sites (N-methyl/N-ethyl adjacent to an activating group) is 1.